The van der Waals surface area contributed by atoms with E-state index in [4.69, 9.17) is 5.11 Å². The summed E-state index contributed by atoms with van der Waals surface area (Å²) in [4.78, 5) is 24.8. The molecule has 7 heteroatoms. The Morgan fingerprint density at radius 3 is 2.59 bits per heavy atom. The van der Waals surface area contributed by atoms with Crippen molar-refractivity contribution in [2.45, 2.75) is 32.1 Å². The van der Waals surface area contributed by atoms with Gasteiger partial charge in [0, 0.05) is 5.71 Å². The van der Waals surface area contributed by atoms with Gasteiger partial charge < -0.3 is 5.11 Å². The molecule has 1 N–H and O–H groups in total. The second-order valence-electron chi connectivity index (χ2n) is 5.04. The molecule has 1 heterocycles. The molecule has 6 nitrogen and oxygen atoms in total. The quantitative estimate of drug-likeness (QED) is 0.667. The average Bonchev–Trinajstić information content (AvgIpc) is 2.74. The van der Waals surface area contributed by atoms with Crippen molar-refractivity contribution in [3.8, 4) is 0 Å². The number of carbonyl (C=O) groups excluding carboxylic acids is 1. The summed E-state index contributed by atoms with van der Waals surface area (Å²) in [5.41, 5.74) is 1.72. The normalized spacial score (nSPS) is 19.5. The topological polar surface area (TPSA) is 82.3 Å². The van der Waals surface area contributed by atoms with Gasteiger partial charge in [-0.15, -0.1) is 5.10 Å². The number of amides is 1. The molecule has 1 aliphatic rings. The number of nitrogens with zero attached hydrogens (tertiary/aromatic N) is 3. The molecule has 0 spiro atoms. The summed E-state index contributed by atoms with van der Waals surface area (Å²) < 4.78 is 0. The van der Waals surface area contributed by atoms with Crippen LogP contribution in [0.1, 0.15) is 25.8 Å². The van der Waals surface area contributed by atoms with Gasteiger partial charge in [-0.1, -0.05) is 42.1 Å². The first-order chi connectivity index (χ1) is 10.5. The Labute approximate surface area is 132 Å². The Balaban J connectivity index is 2.25. The molecule has 0 aliphatic carbocycles. The van der Waals surface area contributed by atoms with Crippen molar-refractivity contribution in [3.05, 3.63) is 35.9 Å². The minimum Gasteiger partial charge on any atom is -0.481 e. The monoisotopic (exact) mass is 319 g/mol. The zero-order valence-electron chi connectivity index (χ0n) is 12.4. The molecule has 1 fully saturated rings. The number of carboxylic acids is 1. The number of carboxylic acid groups (broad SMARTS) is 1. The van der Waals surface area contributed by atoms with E-state index < -0.39 is 11.2 Å². The minimum absolute atomic E-state index is 0.220. The van der Waals surface area contributed by atoms with Crippen LogP contribution in [0, 0.1) is 0 Å². The first-order valence-corrected chi connectivity index (χ1v) is 7.68. The Morgan fingerprint density at radius 2 is 2.00 bits per heavy atom. The Hall–Kier alpha value is -2.15. The molecule has 0 aromatic heterocycles. The third-order valence-corrected chi connectivity index (χ3v) is 4.06. The van der Waals surface area contributed by atoms with Crippen LogP contribution >= 0.6 is 11.8 Å². The third-order valence-electron chi connectivity index (χ3n) is 2.90. The van der Waals surface area contributed by atoms with Crippen molar-refractivity contribution in [2.24, 2.45) is 10.2 Å². The lowest BCUT2D eigenvalue weighted by Gasteiger charge is -2.15. The van der Waals surface area contributed by atoms with Gasteiger partial charge in [0.05, 0.1) is 13.0 Å². The van der Waals surface area contributed by atoms with E-state index >= 15 is 0 Å². The van der Waals surface area contributed by atoms with Crippen molar-refractivity contribution < 1.29 is 14.7 Å². The van der Waals surface area contributed by atoms with Gasteiger partial charge in [-0.25, -0.2) is 0 Å². The fourth-order valence-electron chi connectivity index (χ4n) is 1.93. The third kappa shape index (κ3) is 4.17. The lowest BCUT2D eigenvalue weighted by atomic mass is 10.2. The van der Waals surface area contributed by atoms with Crippen molar-refractivity contribution >= 4 is 34.5 Å². The number of aliphatic carboxylic acids is 1. The first kappa shape index (κ1) is 16.2. The zero-order valence-corrected chi connectivity index (χ0v) is 13.2. The van der Waals surface area contributed by atoms with Crippen LogP contribution in [0.5, 0.6) is 0 Å². The molecule has 0 radical (unpaired) electrons. The van der Waals surface area contributed by atoms with Crippen LogP contribution < -0.4 is 0 Å². The van der Waals surface area contributed by atoms with E-state index in [1.54, 1.807) is 0 Å². The molecule has 22 heavy (non-hydrogen) atoms. The molecule has 1 amide bonds. The lowest BCUT2D eigenvalue weighted by molar-refractivity contribution is -0.139. The number of carbonyl (C=O) groups is 2. The highest BCUT2D eigenvalue weighted by molar-refractivity contribution is 8.15. The largest absolute Gasteiger partial charge is 0.481 e. The van der Waals surface area contributed by atoms with Gasteiger partial charge in [0.2, 0.25) is 5.91 Å². The van der Waals surface area contributed by atoms with Gasteiger partial charge in [-0.2, -0.15) is 5.10 Å². The van der Waals surface area contributed by atoms with Crippen LogP contribution in [0.25, 0.3) is 0 Å². The highest BCUT2D eigenvalue weighted by Crippen LogP contribution is 2.31. The van der Waals surface area contributed by atoms with E-state index in [0.29, 0.717) is 11.7 Å². The van der Waals surface area contributed by atoms with E-state index in [1.807, 2.05) is 44.2 Å². The zero-order chi connectivity index (χ0) is 16.1. The maximum absolute atomic E-state index is 12.4. The van der Waals surface area contributed by atoms with Crippen molar-refractivity contribution in [1.29, 1.82) is 0 Å². The summed E-state index contributed by atoms with van der Waals surface area (Å²) in [7, 11) is 0. The van der Waals surface area contributed by atoms with E-state index in [2.05, 4.69) is 10.2 Å². The maximum Gasteiger partial charge on any atom is 0.305 e. The number of thioether (sulfide) groups is 1. The summed E-state index contributed by atoms with van der Waals surface area (Å²) in [5.74, 6) is -1.24. The summed E-state index contributed by atoms with van der Waals surface area (Å²) in [5, 5.41) is 16.8. The standard InChI is InChI=1S/C15H17N3O3S/c1-10(2)16-17-15-18(9-11-6-4-3-5-7-11)14(21)12(22-15)8-13(19)20/h3-7,12H,8-9H2,1-2H3,(H,19,20)/b17-15-. The predicted octanol–water partition coefficient (Wildman–Crippen LogP) is 2.36. The molecular formula is C15H17N3O3S. The molecular weight excluding hydrogens is 302 g/mol. The molecule has 1 aromatic rings. The number of amidine groups is 1. The van der Waals surface area contributed by atoms with Crippen LogP contribution in [-0.4, -0.2) is 38.0 Å². The van der Waals surface area contributed by atoms with E-state index in [-0.39, 0.29) is 12.3 Å². The first-order valence-electron chi connectivity index (χ1n) is 6.80. The number of benzene rings is 1. The molecule has 1 atom stereocenters. The van der Waals surface area contributed by atoms with Crippen LogP contribution in [-0.2, 0) is 16.1 Å². The highest BCUT2D eigenvalue weighted by Gasteiger charge is 2.39. The molecule has 0 bridgehead atoms. The van der Waals surface area contributed by atoms with E-state index in [1.165, 1.54) is 4.90 Å². The second-order valence-corrected chi connectivity index (χ2v) is 6.21. The SMILES string of the molecule is CC(C)=N/N=C1\SC(CC(=O)O)C(=O)N1Cc1ccccc1. The average molecular weight is 319 g/mol. The summed E-state index contributed by atoms with van der Waals surface area (Å²) in [6.45, 7) is 3.98. The van der Waals surface area contributed by atoms with Crippen LogP contribution in [0.4, 0.5) is 0 Å². The van der Waals surface area contributed by atoms with Crippen molar-refractivity contribution in [2.75, 3.05) is 0 Å². The summed E-state index contributed by atoms with van der Waals surface area (Å²) in [6, 6.07) is 9.51. The fraction of sp³-hybridized carbons (Fsp3) is 0.333. The number of hydrogen-bond donors (Lipinski definition) is 1. The predicted molar refractivity (Wildman–Crippen MR) is 86.8 cm³/mol. The van der Waals surface area contributed by atoms with Crippen LogP contribution in [0.15, 0.2) is 40.5 Å². The fourth-order valence-corrected chi connectivity index (χ4v) is 3.01. The minimum atomic E-state index is -0.998. The van der Waals surface area contributed by atoms with Gasteiger partial charge in [0.1, 0.15) is 5.25 Å². The smallest absolute Gasteiger partial charge is 0.305 e. The molecule has 1 saturated heterocycles. The van der Waals surface area contributed by atoms with Gasteiger partial charge in [-0.05, 0) is 19.4 Å². The van der Waals surface area contributed by atoms with Gasteiger partial charge >= 0.3 is 5.97 Å². The highest BCUT2D eigenvalue weighted by atomic mass is 32.2. The molecule has 116 valence electrons. The molecule has 2 rings (SSSR count). The maximum atomic E-state index is 12.4. The summed E-state index contributed by atoms with van der Waals surface area (Å²) in [6.07, 6.45) is -0.220. The molecule has 0 saturated carbocycles. The Bertz CT molecular complexity index is 624. The van der Waals surface area contributed by atoms with Gasteiger partial charge in [-0.3, -0.25) is 14.5 Å². The van der Waals surface area contributed by atoms with Crippen LogP contribution in [0.3, 0.4) is 0 Å². The van der Waals surface area contributed by atoms with Crippen molar-refractivity contribution in [1.82, 2.24) is 4.90 Å². The molecule has 1 aromatic carbocycles. The van der Waals surface area contributed by atoms with Crippen LogP contribution in [0.2, 0.25) is 0 Å². The molecule has 1 aliphatic heterocycles. The van der Waals surface area contributed by atoms with E-state index in [9.17, 15) is 9.59 Å². The Morgan fingerprint density at radius 1 is 1.32 bits per heavy atom. The van der Waals surface area contributed by atoms with Gasteiger partial charge in [0.15, 0.2) is 5.17 Å². The van der Waals surface area contributed by atoms with Gasteiger partial charge in [0.25, 0.3) is 0 Å². The summed E-state index contributed by atoms with van der Waals surface area (Å²) >= 11 is 1.15. The second kappa shape index (κ2) is 7.22. The van der Waals surface area contributed by atoms with Crippen molar-refractivity contribution in [3.63, 3.8) is 0 Å². The lowest BCUT2D eigenvalue weighted by Crippen LogP contribution is -2.32. The number of hydrogen-bond acceptors (Lipinski definition) is 5. The number of rotatable bonds is 5. The van der Waals surface area contributed by atoms with E-state index in [0.717, 1.165) is 23.0 Å². The molecule has 1 unspecified atom stereocenters. The Kier molecular flexibility index (Phi) is 5.32.